The number of nitrogens with two attached hydrogens (primary N) is 1. The van der Waals surface area contributed by atoms with Crippen molar-refractivity contribution >= 4 is 0 Å². The zero-order valence-electron chi connectivity index (χ0n) is 11.8. The van der Waals surface area contributed by atoms with Crippen LogP contribution in [0.1, 0.15) is 30.9 Å². The summed E-state index contributed by atoms with van der Waals surface area (Å²) >= 11 is 0. The number of halogens is 2. The molecule has 0 radical (unpaired) electrons. The number of hydrogen-bond acceptors (Lipinski definition) is 3. The molecule has 20 heavy (non-hydrogen) atoms. The molecule has 0 aliphatic carbocycles. The lowest BCUT2D eigenvalue weighted by Gasteiger charge is -2.29. The van der Waals surface area contributed by atoms with Crippen molar-refractivity contribution in [2.45, 2.75) is 31.4 Å². The average molecular weight is 284 g/mol. The van der Waals surface area contributed by atoms with E-state index in [-0.39, 0.29) is 6.10 Å². The lowest BCUT2D eigenvalue weighted by molar-refractivity contribution is -0.00217. The summed E-state index contributed by atoms with van der Waals surface area (Å²) in [6.07, 6.45) is 3.61. The summed E-state index contributed by atoms with van der Waals surface area (Å²) in [4.78, 5) is 2.05. The lowest BCUT2D eigenvalue weighted by atomic mass is 10.1. The highest BCUT2D eigenvalue weighted by molar-refractivity contribution is 5.22. The maximum absolute atomic E-state index is 13.6. The van der Waals surface area contributed by atoms with Crippen LogP contribution < -0.4 is 5.73 Å². The van der Waals surface area contributed by atoms with Crippen LogP contribution in [0, 0.1) is 11.6 Å². The third kappa shape index (κ3) is 4.23. The number of likely N-dealkylation sites (N-methyl/N-ethyl adjacent to an activating group) is 1. The molecular weight excluding hydrogens is 262 g/mol. The highest BCUT2D eigenvalue weighted by Gasteiger charge is 2.19. The molecule has 112 valence electrons. The van der Waals surface area contributed by atoms with Gasteiger partial charge in [0.2, 0.25) is 0 Å². The molecule has 0 bridgehead atoms. The second kappa shape index (κ2) is 7.11. The summed E-state index contributed by atoms with van der Waals surface area (Å²) in [6, 6.07) is 3.06. The van der Waals surface area contributed by atoms with E-state index in [1.165, 1.54) is 18.6 Å². The third-order valence-electron chi connectivity index (χ3n) is 3.66. The van der Waals surface area contributed by atoms with Crippen molar-refractivity contribution in [3.63, 3.8) is 0 Å². The predicted molar refractivity (Wildman–Crippen MR) is 74.4 cm³/mol. The zero-order chi connectivity index (χ0) is 14.5. The van der Waals surface area contributed by atoms with Gasteiger partial charge in [-0.15, -0.1) is 0 Å². The molecule has 0 saturated carbocycles. The van der Waals surface area contributed by atoms with Crippen LogP contribution in [0.4, 0.5) is 8.78 Å². The van der Waals surface area contributed by atoms with Gasteiger partial charge < -0.3 is 15.4 Å². The van der Waals surface area contributed by atoms with Crippen LogP contribution in [0.5, 0.6) is 0 Å². The van der Waals surface area contributed by atoms with Gasteiger partial charge in [-0.05, 0) is 32.4 Å². The molecule has 0 spiro atoms. The van der Waals surface area contributed by atoms with E-state index < -0.39 is 17.7 Å². The number of ether oxygens (including phenoxy) is 1. The van der Waals surface area contributed by atoms with Gasteiger partial charge >= 0.3 is 0 Å². The van der Waals surface area contributed by atoms with Crippen LogP contribution in [0.25, 0.3) is 0 Å². The smallest absolute Gasteiger partial charge is 0.130 e. The molecular formula is C15H22F2N2O. The number of hydrogen-bond donors (Lipinski definition) is 1. The Kier molecular flexibility index (Phi) is 5.46. The van der Waals surface area contributed by atoms with Crippen molar-refractivity contribution < 1.29 is 13.5 Å². The minimum absolute atomic E-state index is 0.235. The summed E-state index contributed by atoms with van der Waals surface area (Å²) in [5.74, 6) is -1.16. The van der Waals surface area contributed by atoms with Crippen LogP contribution >= 0.6 is 0 Å². The van der Waals surface area contributed by atoms with Crippen molar-refractivity contribution in [1.82, 2.24) is 4.90 Å². The Morgan fingerprint density at radius 3 is 2.85 bits per heavy atom. The van der Waals surface area contributed by atoms with E-state index in [0.29, 0.717) is 12.1 Å². The van der Waals surface area contributed by atoms with E-state index in [1.807, 2.05) is 11.9 Å². The van der Waals surface area contributed by atoms with Crippen molar-refractivity contribution in [3.8, 4) is 0 Å². The van der Waals surface area contributed by atoms with E-state index in [0.717, 1.165) is 32.1 Å². The molecule has 2 N–H and O–H groups in total. The maximum Gasteiger partial charge on any atom is 0.130 e. The third-order valence-corrected chi connectivity index (χ3v) is 3.66. The van der Waals surface area contributed by atoms with Crippen LogP contribution in [-0.2, 0) is 4.74 Å². The molecule has 1 heterocycles. The Balaban J connectivity index is 1.87. The fourth-order valence-corrected chi connectivity index (χ4v) is 2.61. The van der Waals surface area contributed by atoms with Crippen LogP contribution in [0.2, 0.25) is 0 Å². The van der Waals surface area contributed by atoms with Gasteiger partial charge in [-0.2, -0.15) is 0 Å². The molecule has 2 rings (SSSR count). The second-order valence-electron chi connectivity index (χ2n) is 5.48. The fourth-order valence-electron chi connectivity index (χ4n) is 2.61. The van der Waals surface area contributed by atoms with Gasteiger partial charge in [-0.3, -0.25) is 0 Å². The van der Waals surface area contributed by atoms with Gasteiger partial charge in [0.15, 0.2) is 0 Å². The molecule has 2 unspecified atom stereocenters. The van der Waals surface area contributed by atoms with Crippen molar-refractivity contribution in [2.24, 2.45) is 5.73 Å². The molecule has 1 aromatic rings. The largest absolute Gasteiger partial charge is 0.377 e. The zero-order valence-corrected chi connectivity index (χ0v) is 11.8. The Morgan fingerprint density at radius 2 is 2.20 bits per heavy atom. The normalized spacial score (nSPS) is 21.1. The topological polar surface area (TPSA) is 38.5 Å². The highest BCUT2D eigenvalue weighted by Crippen LogP contribution is 2.18. The first-order valence-corrected chi connectivity index (χ1v) is 7.07. The molecule has 0 amide bonds. The van der Waals surface area contributed by atoms with Crippen LogP contribution in [0.3, 0.4) is 0 Å². The monoisotopic (exact) mass is 284 g/mol. The van der Waals surface area contributed by atoms with Gasteiger partial charge in [-0.25, -0.2) is 8.78 Å². The Morgan fingerprint density at radius 1 is 1.40 bits per heavy atom. The lowest BCUT2D eigenvalue weighted by Crippen LogP contribution is -2.37. The van der Waals surface area contributed by atoms with E-state index in [1.54, 1.807) is 0 Å². The minimum Gasteiger partial charge on any atom is -0.377 e. The van der Waals surface area contributed by atoms with Gasteiger partial charge in [0.05, 0.1) is 6.10 Å². The standard InChI is InChI=1S/C15H22F2N2O/c1-19(9-12-4-2-3-7-20-12)10-15(18)13-6-5-11(16)8-14(13)17/h5-6,8,12,15H,2-4,7,9-10,18H2,1H3. The quantitative estimate of drug-likeness (QED) is 0.902. The maximum atomic E-state index is 13.6. The van der Waals surface area contributed by atoms with Gasteiger partial charge in [0.1, 0.15) is 11.6 Å². The van der Waals surface area contributed by atoms with E-state index in [4.69, 9.17) is 10.5 Å². The van der Waals surface area contributed by atoms with E-state index in [9.17, 15) is 8.78 Å². The van der Waals surface area contributed by atoms with Crippen LogP contribution in [-0.4, -0.2) is 37.7 Å². The first-order chi connectivity index (χ1) is 9.56. The molecule has 3 nitrogen and oxygen atoms in total. The van der Waals surface area contributed by atoms with Gasteiger partial charge in [0, 0.05) is 37.4 Å². The fraction of sp³-hybridized carbons (Fsp3) is 0.600. The molecule has 0 aromatic heterocycles. The SMILES string of the molecule is CN(CC1CCCCO1)CC(N)c1ccc(F)cc1F. The van der Waals surface area contributed by atoms with Gasteiger partial charge in [0.25, 0.3) is 0 Å². The van der Waals surface area contributed by atoms with E-state index >= 15 is 0 Å². The number of rotatable bonds is 5. The summed E-state index contributed by atoms with van der Waals surface area (Å²) in [7, 11) is 1.94. The summed E-state index contributed by atoms with van der Waals surface area (Å²) in [5, 5.41) is 0. The molecule has 2 atom stereocenters. The summed E-state index contributed by atoms with van der Waals surface area (Å²) in [5.41, 5.74) is 6.36. The number of benzene rings is 1. The van der Waals surface area contributed by atoms with Crippen molar-refractivity contribution in [2.75, 3.05) is 26.7 Å². The number of nitrogens with zero attached hydrogens (tertiary/aromatic N) is 1. The predicted octanol–water partition coefficient (Wildman–Crippen LogP) is 2.47. The Bertz CT molecular complexity index is 436. The first kappa shape index (κ1) is 15.4. The molecule has 1 aromatic carbocycles. The van der Waals surface area contributed by atoms with Crippen molar-refractivity contribution in [1.29, 1.82) is 0 Å². The minimum atomic E-state index is -0.584. The second-order valence-corrected chi connectivity index (χ2v) is 5.48. The molecule has 1 saturated heterocycles. The molecule has 1 aliphatic heterocycles. The van der Waals surface area contributed by atoms with E-state index in [2.05, 4.69) is 0 Å². The summed E-state index contributed by atoms with van der Waals surface area (Å²) in [6.45, 7) is 2.12. The molecule has 5 heteroatoms. The summed E-state index contributed by atoms with van der Waals surface area (Å²) < 4.78 is 32.2. The van der Waals surface area contributed by atoms with Crippen molar-refractivity contribution in [3.05, 3.63) is 35.4 Å². The Hall–Kier alpha value is -1.04. The highest BCUT2D eigenvalue weighted by atomic mass is 19.1. The average Bonchev–Trinajstić information content (AvgIpc) is 2.39. The first-order valence-electron chi connectivity index (χ1n) is 7.07. The molecule has 1 aliphatic rings. The Labute approximate surface area is 118 Å². The van der Waals surface area contributed by atoms with Gasteiger partial charge in [-0.1, -0.05) is 6.07 Å². The molecule has 1 fully saturated rings. The van der Waals surface area contributed by atoms with Crippen LogP contribution in [0.15, 0.2) is 18.2 Å².